The van der Waals surface area contributed by atoms with E-state index in [9.17, 15) is 4.79 Å². The van der Waals surface area contributed by atoms with Crippen LogP contribution in [0.5, 0.6) is 0 Å². The van der Waals surface area contributed by atoms with Crippen LogP contribution in [-0.4, -0.2) is 29.6 Å². The van der Waals surface area contributed by atoms with Crippen molar-refractivity contribution in [3.63, 3.8) is 0 Å². The molecule has 3 nitrogen and oxygen atoms in total. The predicted octanol–water partition coefficient (Wildman–Crippen LogP) is 2.48. The molecule has 1 fully saturated rings. The van der Waals surface area contributed by atoms with E-state index in [-0.39, 0.29) is 11.6 Å². The molecule has 16 heavy (non-hydrogen) atoms. The first-order valence-electron chi connectivity index (χ1n) is 5.51. The van der Waals surface area contributed by atoms with Crippen molar-refractivity contribution in [1.82, 2.24) is 10.2 Å². The molecule has 0 aliphatic carbocycles. The van der Waals surface area contributed by atoms with Crippen molar-refractivity contribution >= 4 is 6.03 Å². The molecule has 3 heteroatoms. The molecule has 0 aromatic rings. The second kappa shape index (κ2) is 5.01. The van der Waals surface area contributed by atoms with Crippen LogP contribution in [0, 0.1) is 0 Å². The average molecular weight is 220 g/mol. The molecule has 1 aliphatic heterocycles. The first-order chi connectivity index (χ1) is 7.51. The molecule has 0 radical (unpaired) electrons. The SMILES string of the molecule is C=C/C=C(\C=C/C)CN1C(=O)NCC1(C)C. The number of urea groups is 1. The van der Waals surface area contributed by atoms with Gasteiger partial charge in [-0.15, -0.1) is 0 Å². The lowest BCUT2D eigenvalue weighted by Gasteiger charge is -2.30. The number of carbonyl (C=O) groups is 1. The first-order valence-corrected chi connectivity index (χ1v) is 5.51. The van der Waals surface area contributed by atoms with Crippen LogP contribution in [-0.2, 0) is 0 Å². The molecule has 0 saturated carbocycles. The van der Waals surface area contributed by atoms with E-state index in [1.165, 1.54) is 0 Å². The number of nitrogens with one attached hydrogen (secondary N) is 1. The van der Waals surface area contributed by atoms with E-state index in [2.05, 4.69) is 25.7 Å². The van der Waals surface area contributed by atoms with Gasteiger partial charge < -0.3 is 10.2 Å². The third kappa shape index (κ3) is 2.75. The molecule has 1 saturated heterocycles. The van der Waals surface area contributed by atoms with E-state index in [4.69, 9.17) is 0 Å². The van der Waals surface area contributed by atoms with Crippen LogP contribution in [0.15, 0.2) is 36.5 Å². The summed E-state index contributed by atoms with van der Waals surface area (Å²) in [6, 6.07) is 0.00413. The van der Waals surface area contributed by atoms with Gasteiger partial charge in [0.15, 0.2) is 0 Å². The minimum atomic E-state index is -0.126. The van der Waals surface area contributed by atoms with Gasteiger partial charge in [-0.1, -0.05) is 30.9 Å². The van der Waals surface area contributed by atoms with E-state index in [1.807, 2.05) is 30.1 Å². The lowest BCUT2D eigenvalue weighted by Crippen LogP contribution is -2.42. The summed E-state index contributed by atoms with van der Waals surface area (Å²) in [5.41, 5.74) is 0.960. The summed E-state index contributed by atoms with van der Waals surface area (Å²) < 4.78 is 0. The maximum Gasteiger partial charge on any atom is 0.318 e. The zero-order chi connectivity index (χ0) is 12.2. The fourth-order valence-electron chi connectivity index (χ4n) is 1.75. The summed E-state index contributed by atoms with van der Waals surface area (Å²) in [5, 5.41) is 2.86. The topological polar surface area (TPSA) is 32.3 Å². The Hall–Kier alpha value is -1.51. The van der Waals surface area contributed by atoms with Crippen LogP contribution in [0.3, 0.4) is 0 Å². The number of amides is 2. The first kappa shape index (κ1) is 12.6. The number of rotatable bonds is 4. The highest BCUT2D eigenvalue weighted by Gasteiger charge is 2.37. The molecule has 0 aromatic heterocycles. The van der Waals surface area contributed by atoms with Crippen molar-refractivity contribution < 1.29 is 4.79 Å². The van der Waals surface area contributed by atoms with Gasteiger partial charge in [0, 0.05) is 13.1 Å². The van der Waals surface area contributed by atoms with E-state index in [0.29, 0.717) is 13.1 Å². The van der Waals surface area contributed by atoms with Crippen LogP contribution in [0.2, 0.25) is 0 Å². The molecule has 0 spiro atoms. The Bertz CT molecular complexity index is 340. The average Bonchev–Trinajstić information content (AvgIpc) is 2.46. The summed E-state index contributed by atoms with van der Waals surface area (Å²) >= 11 is 0. The molecule has 1 aliphatic rings. The summed E-state index contributed by atoms with van der Waals surface area (Å²) in [6.07, 6.45) is 7.65. The molecule has 0 bridgehead atoms. The highest BCUT2D eigenvalue weighted by atomic mass is 16.2. The second-order valence-corrected chi connectivity index (χ2v) is 4.53. The lowest BCUT2D eigenvalue weighted by atomic mass is 10.0. The predicted molar refractivity (Wildman–Crippen MR) is 67.3 cm³/mol. The minimum absolute atomic E-state index is 0.00413. The Kier molecular flexibility index (Phi) is 3.93. The number of hydrogen-bond donors (Lipinski definition) is 1. The van der Waals surface area contributed by atoms with Crippen molar-refractivity contribution in [3.05, 3.63) is 36.5 Å². The maximum absolute atomic E-state index is 11.7. The van der Waals surface area contributed by atoms with Crippen LogP contribution < -0.4 is 5.32 Å². The van der Waals surface area contributed by atoms with E-state index < -0.39 is 0 Å². The lowest BCUT2D eigenvalue weighted by molar-refractivity contribution is 0.185. The van der Waals surface area contributed by atoms with Gasteiger partial charge in [-0.3, -0.25) is 0 Å². The quantitative estimate of drug-likeness (QED) is 0.725. The standard InChI is InChI=1S/C13H20N2O/c1-5-7-11(8-6-2)9-15-12(16)14-10-13(15,3)4/h5-8H,1,9-10H2,2-4H3,(H,14,16)/b8-6-,11-7+. The summed E-state index contributed by atoms with van der Waals surface area (Å²) in [7, 11) is 0. The van der Waals surface area contributed by atoms with Crippen LogP contribution in [0.25, 0.3) is 0 Å². The van der Waals surface area contributed by atoms with Gasteiger partial charge in [-0.25, -0.2) is 4.79 Å². The summed E-state index contributed by atoms with van der Waals surface area (Å²) in [6.45, 7) is 11.1. The third-order valence-electron chi connectivity index (χ3n) is 2.70. The fraction of sp³-hybridized carbons (Fsp3) is 0.462. The molecule has 0 atom stereocenters. The van der Waals surface area contributed by atoms with E-state index >= 15 is 0 Å². The van der Waals surface area contributed by atoms with Gasteiger partial charge in [0.25, 0.3) is 0 Å². The highest BCUT2D eigenvalue weighted by molar-refractivity contribution is 5.78. The van der Waals surface area contributed by atoms with Gasteiger partial charge in [-0.05, 0) is 26.3 Å². The largest absolute Gasteiger partial charge is 0.336 e. The molecular formula is C13H20N2O. The zero-order valence-corrected chi connectivity index (χ0v) is 10.3. The minimum Gasteiger partial charge on any atom is -0.336 e. The Balaban J connectivity index is 2.82. The van der Waals surface area contributed by atoms with Gasteiger partial charge >= 0.3 is 6.03 Å². The Morgan fingerprint density at radius 2 is 2.31 bits per heavy atom. The second-order valence-electron chi connectivity index (χ2n) is 4.53. The normalized spacial score (nSPS) is 20.3. The zero-order valence-electron chi connectivity index (χ0n) is 10.3. The van der Waals surface area contributed by atoms with E-state index in [1.54, 1.807) is 6.08 Å². The molecule has 1 rings (SSSR count). The van der Waals surface area contributed by atoms with E-state index in [0.717, 1.165) is 5.57 Å². The van der Waals surface area contributed by atoms with Gasteiger partial charge in [-0.2, -0.15) is 0 Å². The van der Waals surface area contributed by atoms with Crippen molar-refractivity contribution in [1.29, 1.82) is 0 Å². The van der Waals surface area contributed by atoms with Gasteiger partial charge in [0.05, 0.1) is 5.54 Å². The third-order valence-corrected chi connectivity index (χ3v) is 2.70. The Morgan fingerprint density at radius 1 is 1.62 bits per heavy atom. The molecule has 0 aromatic carbocycles. The van der Waals surface area contributed by atoms with Gasteiger partial charge in [0.1, 0.15) is 0 Å². The molecule has 88 valence electrons. The summed E-state index contributed by atoms with van der Waals surface area (Å²) in [5.74, 6) is 0. The molecular weight excluding hydrogens is 200 g/mol. The van der Waals surface area contributed by atoms with Crippen LogP contribution >= 0.6 is 0 Å². The van der Waals surface area contributed by atoms with Crippen LogP contribution in [0.1, 0.15) is 20.8 Å². The van der Waals surface area contributed by atoms with Crippen LogP contribution in [0.4, 0.5) is 4.79 Å². The Morgan fingerprint density at radius 3 is 2.75 bits per heavy atom. The maximum atomic E-state index is 11.7. The van der Waals surface area contributed by atoms with Crippen molar-refractivity contribution in [3.8, 4) is 0 Å². The Labute approximate surface area is 97.5 Å². The van der Waals surface area contributed by atoms with Crippen molar-refractivity contribution in [2.24, 2.45) is 0 Å². The summed E-state index contributed by atoms with van der Waals surface area (Å²) in [4.78, 5) is 13.5. The smallest absolute Gasteiger partial charge is 0.318 e. The van der Waals surface area contributed by atoms with Crippen molar-refractivity contribution in [2.45, 2.75) is 26.3 Å². The number of carbonyl (C=O) groups excluding carboxylic acids is 1. The number of hydrogen-bond acceptors (Lipinski definition) is 1. The number of allylic oxidation sites excluding steroid dienone is 3. The van der Waals surface area contributed by atoms with Gasteiger partial charge in [0.2, 0.25) is 0 Å². The highest BCUT2D eigenvalue weighted by Crippen LogP contribution is 2.20. The molecule has 0 unspecified atom stereocenters. The number of nitrogens with zero attached hydrogens (tertiary/aromatic N) is 1. The molecule has 1 N–H and O–H groups in total. The van der Waals surface area contributed by atoms with Crippen molar-refractivity contribution in [2.75, 3.05) is 13.1 Å². The fourth-order valence-corrected chi connectivity index (χ4v) is 1.75. The monoisotopic (exact) mass is 220 g/mol. The molecule has 1 heterocycles. The molecule has 2 amide bonds.